The molecule has 1 aromatic rings. The third-order valence-corrected chi connectivity index (χ3v) is 4.90. The van der Waals surface area contributed by atoms with Crippen LogP contribution >= 0.6 is 11.8 Å². The Morgan fingerprint density at radius 1 is 1.50 bits per heavy atom. The molecule has 0 fully saturated rings. The number of urea groups is 1. The monoisotopic (exact) mass is 323 g/mol. The molecule has 0 saturated carbocycles. The van der Waals surface area contributed by atoms with Crippen LogP contribution in [0, 0.1) is 0 Å². The molecule has 2 amide bonds. The van der Waals surface area contributed by atoms with E-state index >= 15 is 0 Å². The van der Waals surface area contributed by atoms with Gasteiger partial charge in [-0.15, -0.1) is 11.8 Å². The molecule has 22 heavy (non-hydrogen) atoms. The molecule has 0 atom stereocenters. The Labute approximate surface area is 137 Å². The number of nitrogens with one attached hydrogen (secondary N) is 1. The van der Waals surface area contributed by atoms with Crippen molar-refractivity contribution < 1.29 is 9.53 Å². The van der Waals surface area contributed by atoms with Gasteiger partial charge in [-0.3, -0.25) is 0 Å². The third kappa shape index (κ3) is 4.08. The van der Waals surface area contributed by atoms with Crippen LogP contribution in [0.3, 0.4) is 0 Å². The average molecular weight is 323 g/mol. The number of rotatable bonds is 5. The predicted octanol–water partition coefficient (Wildman–Crippen LogP) is 2.26. The highest BCUT2D eigenvalue weighted by molar-refractivity contribution is 7.99. The van der Waals surface area contributed by atoms with Gasteiger partial charge in [0.15, 0.2) is 0 Å². The van der Waals surface area contributed by atoms with Gasteiger partial charge in [-0.25, -0.2) is 4.79 Å². The van der Waals surface area contributed by atoms with Crippen molar-refractivity contribution in [1.82, 2.24) is 15.1 Å². The number of carbonyl (C=O) groups is 1. The molecular formula is C16H25N3O2S. The zero-order valence-electron chi connectivity index (χ0n) is 13.6. The van der Waals surface area contributed by atoms with Gasteiger partial charge in [-0.1, -0.05) is 0 Å². The summed E-state index contributed by atoms with van der Waals surface area (Å²) in [6.45, 7) is 5.73. The molecule has 1 heterocycles. The number of likely N-dealkylation sites (N-methyl/N-ethyl adjacent to an activating group) is 2. The highest BCUT2D eigenvalue weighted by Crippen LogP contribution is 2.30. The zero-order valence-corrected chi connectivity index (χ0v) is 14.4. The topological polar surface area (TPSA) is 44.8 Å². The Morgan fingerprint density at radius 3 is 3.00 bits per heavy atom. The van der Waals surface area contributed by atoms with Crippen molar-refractivity contribution in [2.24, 2.45) is 0 Å². The van der Waals surface area contributed by atoms with Gasteiger partial charge in [0.05, 0.1) is 7.11 Å². The minimum Gasteiger partial charge on any atom is -0.497 e. The number of fused-ring (bicyclic) bond motifs is 1. The van der Waals surface area contributed by atoms with Gasteiger partial charge in [-0.2, -0.15) is 0 Å². The largest absolute Gasteiger partial charge is 0.497 e. The van der Waals surface area contributed by atoms with Crippen molar-refractivity contribution in [3.63, 3.8) is 0 Å². The van der Waals surface area contributed by atoms with Gasteiger partial charge in [0.25, 0.3) is 0 Å². The SMILES string of the molecule is CCN(CCNC)C(=O)N1CCSc2ccc(OC)cc2C1. The molecule has 122 valence electrons. The normalized spacial score (nSPS) is 14.2. The lowest BCUT2D eigenvalue weighted by Crippen LogP contribution is -2.45. The van der Waals surface area contributed by atoms with Gasteiger partial charge in [-0.05, 0) is 37.7 Å². The second kappa shape index (κ2) is 8.29. The molecule has 1 aliphatic heterocycles. The first-order chi connectivity index (χ1) is 10.7. The first-order valence-electron chi connectivity index (χ1n) is 7.67. The van der Waals surface area contributed by atoms with Crippen LogP contribution < -0.4 is 10.1 Å². The molecule has 1 aliphatic rings. The Morgan fingerprint density at radius 2 is 2.32 bits per heavy atom. The van der Waals surface area contributed by atoms with E-state index in [1.54, 1.807) is 18.9 Å². The van der Waals surface area contributed by atoms with Gasteiger partial charge < -0.3 is 19.9 Å². The lowest BCUT2D eigenvalue weighted by atomic mass is 10.2. The fraction of sp³-hybridized carbons (Fsp3) is 0.562. The Balaban J connectivity index is 2.12. The van der Waals surface area contributed by atoms with Crippen molar-refractivity contribution in [3.05, 3.63) is 23.8 Å². The summed E-state index contributed by atoms with van der Waals surface area (Å²) in [6.07, 6.45) is 0. The molecule has 0 aliphatic carbocycles. The van der Waals surface area contributed by atoms with E-state index in [1.165, 1.54) is 10.5 Å². The van der Waals surface area contributed by atoms with Crippen LogP contribution in [0.1, 0.15) is 12.5 Å². The minimum atomic E-state index is 0.119. The summed E-state index contributed by atoms with van der Waals surface area (Å²) in [5.41, 5.74) is 1.17. The Bertz CT molecular complexity index is 510. The summed E-state index contributed by atoms with van der Waals surface area (Å²) < 4.78 is 5.31. The van der Waals surface area contributed by atoms with Crippen LogP contribution in [0.25, 0.3) is 0 Å². The van der Waals surface area contributed by atoms with Crippen molar-refractivity contribution in [2.45, 2.75) is 18.4 Å². The lowest BCUT2D eigenvalue weighted by molar-refractivity contribution is 0.156. The molecule has 0 bridgehead atoms. The number of hydrogen-bond donors (Lipinski definition) is 1. The second-order valence-corrected chi connectivity index (χ2v) is 6.35. The molecule has 0 saturated heterocycles. The maximum Gasteiger partial charge on any atom is 0.320 e. The molecule has 0 aromatic heterocycles. The van der Waals surface area contributed by atoms with Crippen molar-refractivity contribution in [3.8, 4) is 5.75 Å². The number of ether oxygens (including phenoxy) is 1. The molecular weight excluding hydrogens is 298 g/mol. The molecule has 0 unspecified atom stereocenters. The quantitative estimate of drug-likeness (QED) is 0.903. The van der Waals surface area contributed by atoms with Crippen molar-refractivity contribution in [1.29, 1.82) is 0 Å². The third-order valence-electron chi connectivity index (χ3n) is 3.80. The number of hydrogen-bond acceptors (Lipinski definition) is 4. The van der Waals surface area contributed by atoms with Crippen LogP contribution in [-0.4, -0.2) is 61.9 Å². The van der Waals surface area contributed by atoms with E-state index in [0.29, 0.717) is 6.54 Å². The zero-order chi connectivity index (χ0) is 15.9. The number of amides is 2. The van der Waals surface area contributed by atoms with Gasteiger partial charge in [0.2, 0.25) is 0 Å². The first kappa shape index (κ1) is 17.0. The Kier molecular flexibility index (Phi) is 6.39. The summed E-state index contributed by atoms with van der Waals surface area (Å²) in [7, 11) is 3.58. The number of nitrogens with zero attached hydrogens (tertiary/aromatic N) is 2. The van der Waals surface area contributed by atoms with Crippen LogP contribution in [0.15, 0.2) is 23.1 Å². The van der Waals surface area contributed by atoms with Crippen LogP contribution in [0.4, 0.5) is 4.79 Å². The van der Waals surface area contributed by atoms with Gasteiger partial charge >= 0.3 is 6.03 Å². The fourth-order valence-electron chi connectivity index (χ4n) is 2.50. The molecule has 1 aromatic carbocycles. The van der Waals surface area contributed by atoms with E-state index in [1.807, 2.05) is 35.9 Å². The summed E-state index contributed by atoms with van der Waals surface area (Å²) in [5.74, 6) is 1.77. The molecule has 1 N–H and O–H groups in total. The standard InChI is InChI=1S/C16H25N3O2S/c1-4-18(8-7-17-2)16(20)19-9-10-22-15-6-5-14(21-3)11-13(15)12-19/h5-6,11,17H,4,7-10,12H2,1-3H3. The average Bonchev–Trinajstić information content (AvgIpc) is 2.76. The van der Waals surface area contributed by atoms with Crippen molar-refractivity contribution >= 4 is 17.8 Å². The van der Waals surface area contributed by atoms with Crippen LogP contribution in [0.2, 0.25) is 0 Å². The highest BCUT2D eigenvalue weighted by atomic mass is 32.2. The highest BCUT2D eigenvalue weighted by Gasteiger charge is 2.23. The number of benzene rings is 1. The van der Waals surface area contributed by atoms with Crippen LogP contribution in [-0.2, 0) is 6.54 Å². The van der Waals surface area contributed by atoms with E-state index in [-0.39, 0.29) is 6.03 Å². The molecule has 5 nitrogen and oxygen atoms in total. The van der Waals surface area contributed by atoms with Crippen LogP contribution in [0.5, 0.6) is 5.75 Å². The summed E-state index contributed by atoms with van der Waals surface area (Å²) in [5, 5.41) is 3.10. The lowest BCUT2D eigenvalue weighted by Gasteiger charge is -2.29. The summed E-state index contributed by atoms with van der Waals surface area (Å²) in [4.78, 5) is 17.8. The number of methoxy groups -OCH3 is 1. The minimum absolute atomic E-state index is 0.119. The summed E-state index contributed by atoms with van der Waals surface area (Å²) >= 11 is 1.81. The number of carbonyl (C=O) groups excluding carboxylic acids is 1. The Hall–Kier alpha value is -1.40. The number of thioether (sulfide) groups is 1. The van der Waals surface area contributed by atoms with Gasteiger partial charge in [0, 0.05) is 43.4 Å². The van der Waals surface area contributed by atoms with E-state index in [9.17, 15) is 4.79 Å². The smallest absolute Gasteiger partial charge is 0.320 e. The molecule has 0 spiro atoms. The fourth-order valence-corrected chi connectivity index (χ4v) is 3.50. The van der Waals surface area contributed by atoms with E-state index in [2.05, 4.69) is 11.4 Å². The molecule has 0 radical (unpaired) electrons. The van der Waals surface area contributed by atoms with Crippen molar-refractivity contribution in [2.75, 3.05) is 46.1 Å². The van der Waals surface area contributed by atoms with E-state index < -0.39 is 0 Å². The predicted molar refractivity (Wildman–Crippen MR) is 90.7 cm³/mol. The molecule has 2 rings (SSSR count). The van der Waals surface area contributed by atoms with Gasteiger partial charge in [0.1, 0.15) is 5.75 Å². The van der Waals surface area contributed by atoms with E-state index in [4.69, 9.17) is 4.74 Å². The maximum atomic E-state index is 12.7. The summed E-state index contributed by atoms with van der Waals surface area (Å²) in [6, 6.07) is 6.23. The second-order valence-electron chi connectivity index (χ2n) is 5.21. The maximum absolute atomic E-state index is 12.7. The molecule has 6 heteroatoms. The first-order valence-corrected chi connectivity index (χ1v) is 8.66. The van der Waals surface area contributed by atoms with E-state index in [0.717, 1.165) is 37.7 Å².